The van der Waals surface area contributed by atoms with Crippen LogP contribution in [0.5, 0.6) is 0 Å². The number of carbonyl (C=O) groups excluding carboxylic acids is 2. The maximum atomic E-state index is 13.6. The number of benzene rings is 2. The number of halogens is 3. The Balaban J connectivity index is 1.89. The summed E-state index contributed by atoms with van der Waals surface area (Å²) in [6, 6.07) is 17.9. The van der Waals surface area contributed by atoms with Gasteiger partial charge in [0, 0.05) is 19.4 Å². The van der Waals surface area contributed by atoms with Crippen LogP contribution in [-0.4, -0.2) is 53.2 Å². The Bertz CT molecular complexity index is 876. The Labute approximate surface area is 186 Å². The van der Waals surface area contributed by atoms with Crippen LogP contribution in [0.15, 0.2) is 60.7 Å². The molecule has 1 saturated heterocycles. The van der Waals surface area contributed by atoms with E-state index in [1.54, 1.807) is 13.8 Å². The van der Waals surface area contributed by atoms with Gasteiger partial charge >= 0.3 is 12.2 Å². The molecule has 3 amide bonds. The Kier molecular flexibility index (Phi) is 7.23. The summed E-state index contributed by atoms with van der Waals surface area (Å²) in [6.07, 6.45) is -3.94. The van der Waals surface area contributed by atoms with Crippen LogP contribution in [0.4, 0.5) is 18.0 Å². The average molecular weight is 448 g/mol. The number of hydrogen-bond acceptors (Lipinski definition) is 3. The van der Waals surface area contributed by atoms with Crippen molar-refractivity contribution in [1.29, 1.82) is 0 Å². The quantitative estimate of drug-likeness (QED) is 0.585. The summed E-state index contributed by atoms with van der Waals surface area (Å²) in [6.45, 7) is 2.11. The molecule has 5 nitrogen and oxygen atoms in total. The number of hydrogen-bond donors (Lipinski definition) is 1. The van der Waals surface area contributed by atoms with E-state index in [1.807, 2.05) is 60.7 Å². The van der Waals surface area contributed by atoms with Crippen LogP contribution in [0.1, 0.15) is 25.0 Å². The third-order valence-electron chi connectivity index (χ3n) is 5.31. The maximum absolute atomic E-state index is 13.6. The van der Waals surface area contributed by atoms with E-state index in [0.717, 1.165) is 20.9 Å². The lowest BCUT2D eigenvalue weighted by Gasteiger charge is -2.30. The molecule has 2 aromatic carbocycles. The normalized spacial score (nSPS) is 16.2. The maximum Gasteiger partial charge on any atom is 0.401 e. The van der Waals surface area contributed by atoms with Gasteiger partial charge in [0.15, 0.2) is 0 Å². The van der Waals surface area contributed by atoms with Crippen molar-refractivity contribution in [3.05, 3.63) is 71.8 Å². The molecule has 0 bridgehead atoms. The van der Waals surface area contributed by atoms with Crippen molar-refractivity contribution in [2.45, 2.75) is 38.4 Å². The molecule has 8 heteroatoms. The summed E-state index contributed by atoms with van der Waals surface area (Å²) in [7, 11) is 0. The zero-order valence-electron chi connectivity index (χ0n) is 18.2. The molecule has 1 fully saturated rings. The van der Waals surface area contributed by atoms with Crippen LogP contribution in [0.25, 0.3) is 0 Å². The molecule has 0 saturated carbocycles. The lowest BCUT2D eigenvalue weighted by molar-refractivity contribution is -0.154. The molecule has 1 N–H and O–H groups in total. The van der Waals surface area contributed by atoms with Gasteiger partial charge in [-0.1, -0.05) is 74.5 Å². The molecule has 0 aliphatic carbocycles. The first-order valence-corrected chi connectivity index (χ1v) is 10.6. The molecular weight excluding hydrogens is 419 g/mol. The van der Waals surface area contributed by atoms with Crippen molar-refractivity contribution >= 4 is 11.9 Å². The highest BCUT2D eigenvalue weighted by atomic mass is 19.4. The third-order valence-corrected chi connectivity index (χ3v) is 5.31. The summed E-state index contributed by atoms with van der Waals surface area (Å²) in [5.74, 6) is -0.567. The van der Waals surface area contributed by atoms with Gasteiger partial charge in [-0.2, -0.15) is 13.2 Å². The van der Waals surface area contributed by atoms with Gasteiger partial charge in [-0.3, -0.25) is 9.69 Å². The number of carbonyl (C=O) groups is 2. The molecule has 3 rings (SSSR count). The van der Waals surface area contributed by atoms with Crippen LogP contribution in [0.3, 0.4) is 0 Å². The average Bonchev–Trinajstić information content (AvgIpc) is 2.92. The standard InChI is InChI=1S/C24H28F3N3O2/c1-18(2)15-29(16-24(25,26)27)17-30-21(31)23(28-22(30)32,13-19-9-5-3-6-10-19)14-20-11-7-4-8-12-20/h3-12,18H,13-17H2,1-2H3,(H,28,32). The van der Waals surface area contributed by atoms with E-state index in [-0.39, 0.29) is 25.3 Å². The van der Waals surface area contributed by atoms with Gasteiger partial charge in [-0.25, -0.2) is 9.69 Å². The summed E-state index contributed by atoms with van der Waals surface area (Å²) >= 11 is 0. The number of nitrogens with zero attached hydrogens (tertiary/aromatic N) is 2. The predicted octanol–water partition coefficient (Wildman–Crippen LogP) is 4.24. The van der Waals surface area contributed by atoms with Gasteiger partial charge in [0.05, 0.1) is 13.2 Å². The number of nitrogens with one attached hydrogen (secondary N) is 1. The van der Waals surface area contributed by atoms with E-state index >= 15 is 0 Å². The van der Waals surface area contributed by atoms with E-state index in [1.165, 1.54) is 0 Å². The van der Waals surface area contributed by atoms with Crippen LogP contribution < -0.4 is 5.32 Å². The minimum Gasteiger partial charge on any atom is -0.322 e. The fourth-order valence-electron chi connectivity index (χ4n) is 4.14. The molecule has 1 heterocycles. The van der Waals surface area contributed by atoms with E-state index in [9.17, 15) is 22.8 Å². The van der Waals surface area contributed by atoms with Gasteiger partial charge in [-0.15, -0.1) is 0 Å². The SMILES string of the molecule is CC(C)CN(CN1C(=O)NC(Cc2ccccc2)(Cc2ccccc2)C1=O)CC(F)(F)F. The van der Waals surface area contributed by atoms with E-state index in [4.69, 9.17) is 0 Å². The Morgan fingerprint density at radius 3 is 1.88 bits per heavy atom. The van der Waals surface area contributed by atoms with Gasteiger partial charge in [0.1, 0.15) is 5.54 Å². The summed E-state index contributed by atoms with van der Waals surface area (Å²) in [5.41, 5.74) is 0.447. The number of rotatable bonds is 9. The topological polar surface area (TPSA) is 52.6 Å². The molecule has 32 heavy (non-hydrogen) atoms. The second-order valence-electron chi connectivity index (χ2n) is 8.73. The highest BCUT2D eigenvalue weighted by Crippen LogP contribution is 2.28. The fourth-order valence-corrected chi connectivity index (χ4v) is 4.14. The van der Waals surface area contributed by atoms with Crippen LogP contribution in [0.2, 0.25) is 0 Å². The van der Waals surface area contributed by atoms with Crippen LogP contribution in [-0.2, 0) is 17.6 Å². The predicted molar refractivity (Wildman–Crippen MR) is 116 cm³/mol. The molecule has 1 aliphatic heterocycles. The van der Waals surface area contributed by atoms with Crippen molar-refractivity contribution < 1.29 is 22.8 Å². The second-order valence-corrected chi connectivity index (χ2v) is 8.73. The van der Waals surface area contributed by atoms with Crippen LogP contribution >= 0.6 is 0 Å². The fraction of sp³-hybridized carbons (Fsp3) is 0.417. The minimum absolute atomic E-state index is 0.0588. The zero-order valence-corrected chi connectivity index (χ0v) is 18.2. The first kappa shape index (κ1) is 23.8. The largest absolute Gasteiger partial charge is 0.401 e. The van der Waals surface area contributed by atoms with Gasteiger partial charge in [-0.05, 0) is 17.0 Å². The highest BCUT2D eigenvalue weighted by molar-refractivity contribution is 6.07. The highest BCUT2D eigenvalue weighted by Gasteiger charge is 2.51. The number of alkyl halides is 3. The molecule has 0 unspecified atom stereocenters. The smallest absolute Gasteiger partial charge is 0.322 e. The van der Waals surface area contributed by atoms with Crippen molar-refractivity contribution in [3.8, 4) is 0 Å². The molecule has 172 valence electrons. The van der Waals surface area contributed by atoms with Gasteiger partial charge in [0.2, 0.25) is 0 Å². The second kappa shape index (κ2) is 9.73. The minimum atomic E-state index is -4.43. The van der Waals surface area contributed by atoms with Crippen molar-refractivity contribution in [2.24, 2.45) is 5.92 Å². The Hall–Kier alpha value is -2.87. The lowest BCUT2D eigenvalue weighted by atomic mass is 9.84. The van der Waals surface area contributed by atoms with Crippen molar-refractivity contribution in [3.63, 3.8) is 0 Å². The summed E-state index contributed by atoms with van der Waals surface area (Å²) in [5, 5.41) is 2.82. The van der Waals surface area contributed by atoms with E-state index < -0.39 is 36.9 Å². The first-order chi connectivity index (χ1) is 15.1. The number of imide groups is 1. The van der Waals surface area contributed by atoms with Crippen molar-refractivity contribution in [1.82, 2.24) is 15.1 Å². The third kappa shape index (κ3) is 6.09. The lowest BCUT2D eigenvalue weighted by Crippen LogP contribution is -2.52. The molecule has 0 atom stereocenters. The molecule has 0 radical (unpaired) electrons. The summed E-state index contributed by atoms with van der Waals surface area (Å²) in [4.78, 5) is 28.4. The van der Waals surface area contributed by atoms with E-state index in [2.05, 4.69) is 5.32 Å². The van der Waals surface area contributed by atoms with Gasteiger partial charge in [0.25, 0.3) is 5.91 Å². The van der Waals surface area contributed by atoms with E-state index in [0.29, 0.717) is 0 Å². The van der Waals surface area contributed by atoms with Gasteiger partial charge < -0.3 is 5.32 Å². The number of urea groups is 1. The summed E-state index contributed by atoms with van der Waals surface area (Å²) < 4.78 is 39.3. The zero-order chi connectivity index (χ0) is 23.4. The number of amides is 3. The van der Waals surface area contributed by atoms with Crippen LogP contribution in [0, 0.1) is 5.92 Å². The Morgan fingerprint density at radius 1 is 0.938 bits per heavy atom. The Morgan fingerprint density at radius 2 is 1.44 bits per heavy atom. The molecule has 0 spiro atoms. The first-order valence-electron chi connectivity index (χ1n) is 10.6. The molecular formula is C24H28F3N3O2. The van der Waals surface area contributed by atoms with Crippen molar-refractivity contribution in [2.75, 3.05) is 19.8 Å². The monoisotopic (exact) mass is 447 g/mol. The molecule has 2 aromatic rings. The molecule has 1 aliphatic rings. The molecule has 0 aromatic heterocycles.